The summed E-state index contributed by atoms with van der Waals surface area (Å²) >= 11 is 0. The zero-order chi connectivity index (χ0) is 40.9. The molecular formula is C45H52F4N4O3Si. The highest BCUT2D eigenvalue weighted by atomic mass is 28.4. The molecule has 5 aromatic rings. The third-order valence-electron chi connectivity index (χ3n) is 11.1. The molecule has 0 aliphatic carbocycles. The summed E-state index contributed by atoms with van der Waals surface area (Å²) in [6.07, 6.45) is -0.0757. The number of likely N-dealkylation sites (tertiary alicyclic amines) is 1. The molecule has 2 N–H and O–H groups in total. The summed E-state index contributed by atoms with van der Waals surface area (Å²) in [6.45, 7) is 12.2. The van der Waals surface area contributed by atoms with Gasteiger partial charge < -0.3 is 24.4 Å². The van der Waals surface area contributed by atoms with Crippen molar-refractivity contribution in [2.75, 3.05) is 31.6 Å². The second kappa shape index (κ2) is 15.3. The standard InChI is InChI=1S/C45H52F4N4O3Si/c1-29-22-38-39(34-20-14-15-21-37(34)51-38)41(40-35(46)23-30(24-36(40)47)50-31-25-52(26-31)42(54)56-43(2,3)4)53(29)27-45(48,49)28-55-57(44(5,6)7,32-16-10-8-11-17-32)33-18-12-9-13-19-33/h8-21,23-24,29,31,41,50-51H,22,25-28H2,1-7H3. The lowest BCUT2D eigenvalue weighted by atomic mass is 9.86. The molecule has 2 atom stereocenters. The van der Waals surface area contributed by atoms with E-state index in [1.165, 1.54) is 21.9 Å². The minimum Gasteiger partial charge on any atom is -0.444 e. The summed E-state index contributed by atoms with van der Waals surface area (Å²) in [5.74, 6) is -5.12. The fourth-order valence-corrected chi connectivity index (χ4v) is 13.2. The number of aromatic nitrogens is 1. The molecule has 7 nitrogen and oxygen atoms in total. The zero-order valence-electron chi connectivity index (χ0n) is 33.6. The Morgan fingerprint density at radius 3 is 1.96 bits per heavy atom. The van der Waals surface area contributed by atoms with Gasteiger partial charge in [-0.2, -0.15) is 0 Å². The third-order valence-corrected chi connectivity index (χ3v) is 16.1. The monoisotopic (exact) mass is 800 g/mol. The van der Waals surface area contributed by atoms with Gasteiger partial charge in [-0.15, -0.1) is 0 Å². The van der Waals surface area contributed by atoms with Crippen LogP contribution in [0.1, 0.15) is 71.3 Å². The number of carbonyl (C=O) groups excluding carboxylic acids is 1. The van der Waals surface area contributed by atoms with E-state index in [1.807, 2.05) is 113 Å². The van der Waals surface area contributed by atoms with Gasteiger partial charge in [-0.3, -0.25) is 4.90 Å². The van der Waals surface area contributed by atoms with Crippen molar-refractivity contribution in [3.05, 3.63) is 126 Å². The smallest absolute Gasteiger partial charge is 0.410 e. The number of fused-ring (bicyclic) bond motifs is 3. The molecule has 12 heteroatoms. The number of ether oxygens (including phenoxy) is 1. The van der Waals surface area contributed by atoms with Gasteiger partial charge in [-0.1, -0.05) is 99.6 Å². The fourth-order valence-electron chi connectivity index (χ4n) is 8.58. The Hall–Kier alpha value is -4.65. The maximum Gasteiger partial charge on any atom is 0.410 e. The van der Waals surface area contributed by atoms with Crippen molar-refractivity contribution in [3.8, 4) is 0 Å². The molecule has 57 heavy (non-hydrogen) atoms. The van der Waals surface area contributed by atoms with Gasteiger partial charge in [-0.25, -0.2) is 22.4 Å². The van der Waals surface area contributed by atoms with E-state index in [9.17, 15) is 4.79 Å². The first-order valence-corrected chi connectivity index (χ1v) is 21.5. The Bertz CT molecular complexity index is 2150. The van der Waals surface area contributed by atoms with Crippen LogP contribution in [-0.2, 0) is 15.6 Å². The predicted octanol–water partition coefficient (Wildman–Crippen LogP) is 9.03. The van der Waals surface area contributed by atoms with E-state index in [2.05, 4.69) is 10.3 Å². The van der Waals surface area contributed by atoms with Gasteiger partial charge in [0.05, 0.1) is 25.2 Å². The van der Waals surface area contributed by atoms with Crippen molar-refractivity contribution in [2.24, 2.45) is 0 Å². The molecule has 0 spiro atoms. The molecule has 0 bridgehead atoms. The number of amides is 1. The van der Waals surface area contributed by atoms with Crippen molar-refractivity contribution >= 4 is 41.4 Å². The van der Waals surface area contributed by atoms with E-state index in [0.717, 1.165) is 27.0 Å². The number of carbonyl (C=O) groups is 1. The number of nitrogens with zero attached hydrogens (tertiary/aromatic N) is 2. The Morgan fingerprint density at radius 1 is 0.842 bits per heavy atom. The number of aromatic amines is 1. The molecule has 4 aromatic carbocycles. The van der Waals surface area contributed by atoms with Crippen LogP contribution < -0.4 is 15.7 Å². The van der Waals surface area contributed by atoms with Gasteiger partial charge in [0.1, 0.15) is 17.2 Å². The van der Waals surface area contributed by atoms with Crippen molar-refractivity contribution in [2.45, 2.75) is 89.6 Å². The van der Waals surface area contributed by atoms with Crippen LogP contribution in [0.15, 0.2) is 97.1 Å². The number of alkyl halides is 2. The van der Waals surface area contributed by atoms with Gasteiger partial charge >= 0.3 is 6.09 Å². The Labute approximate surface area is 333 Å². The first kappa shape index (κ1) is 40.5. The quantitative estimate of drug-likeness (QED) is 0.109. The van der Waals surface area contributed by atoms with Gasteiger partial charge in [0.15, 0.2) is 0 Å². The number of hydrogen-bond donors (Lipinski definition) is 2. The fraction of sp³-hybridized carbons (Fsp3) is 0.400. The molecule has 1 fully saturated rings. The summed E-state index contributed by atoms with van der Waals surface area (Å²) in [4.78, 5) is 18.9. The molecule has 1 amide bonds. The van der Waals surface area contributed by atoms with Gasteiger partial charge in [0.25, 0.3) is 14.2 Å². The third kappa shape index (κ3) is 8.09. The van der Waals surface area contributed by atoms with Crippen LogP contribution in [0.5, 0.6) is 0 Å². The molecule has 3 heterocycles. The summed E-state index contributed by atoms with van der Waals surface area (Å²) in [5.41, 5.74) is 1.36. The molecule has 302 valence electrons. The minimum absolute atomic E-state index is 0.196. The average Bonchev–Trinajstić information content (AvgIpc) is 3.48. The number of rotatable bonds is 10. The predicted molar refractivity (Wildman–Crippen MR) is 220 cm³/mol. The Kier molecular flexibility index (Phi) is 10.9. The highest BCUT2D eigenvalue weighted by molar-refractivity contribution is 6.99. The number of para-hydroxylation sites is 1. The number of halogens is 4. The Balaban J connectivity index is 1.21. The number of hydrogen-bond acceptors (Lipinski definition) is 5. The molecular weight excluding hydrogens is 749 g/mol. The van der Waals surface area contributed by atoms with E-state index >= 15 is 17.6 Å². The molecule has 1 saturated heterocycles. The molecule has 0 saturated carbocycles. The maximum absolute atomic E-state index is 16.9. The molecule has 2 unspecified atom stereocenters. The first-order chi connectivity index (χ1) is 26.9. The molecule has 1 aromatic heterocycles. The summed E-state index contributed by atoms with van der Waals surface area (Å²) < 4.78 is 79.1. The van der Waals surface area contributed by atoms with Crippen molar-refractivity contribution in [3.63, 3.8) is 0 Å². The summed E-state index contributed by atoms with van der Waals surface area (Å²) in [5, 5.41) is 5.08. The minimum atomic E-state index is -3.41. The van der Waals surface area contributed by atoms with E-state index in [1.54, 1.807) is 20.8 Å². The van der Waals surface area contributed by atoms with E-state index in [0.29, 0.717) is 25.1 Å². The second-order valence-corrected chi connectivity index (χ2v) is 21.9. The first-order valence-electron chi connectivity index (χ1n) is 19.6. The highest BCUT2D eigenvalue weighted by Crippen LogP contribution is 2.45. The summed E-state index contributed by atoms with van der Waals surface area (Å²) in [7, 11) is -3.32. The Morgan fingerprint density at radius 2 is 1.40 bits per heavy atom. The maximum atomic E-state index is 16.9. The van der Waals surface area contributed by atoms with Crippen LogP contribution in [0, 0.1) is 11.6 Å². The lowest BCUT2D eigenvalue weighted by Crippen LogP contribution is -2.67. The van der Waals surface area contributed by atoms with Crippen LogP contribution in [0.3, 0.4) is 0 Å². The number of H-pyrrole nitrogens is 1. The van der Waals surface area contributed by atoms with Gasteiger partial charge in [0.2, 0.25) is 0 Å². The van der Waals surface area contributed by atoms with Crippen molar-refractivity contribution < 1.29 is 31.5 Å². The normalized spacial score (nSPS) is 18.3. The lowest BCUT2D eigenvalue weighted by molar-refractivity contribution is -0.0823. The highest BCUT2D eigenvalue weighted by Gasteiger charge is 2.53. The lowest BCUT2D eigenvalue weighted by Gasteiger charge is -2.45. The molecule has 2 aliphatic heterocycles. The topological polar surface area (TPSA) is 69.8 Å². The molecule has 0 radical (unpaired) electrons. The van der Waals surface area contributed by atoms with Crippen LogP contribution >= 0.6 is 0 Å². The summed E-state index contributed by atoms with van der Waals surface area (Å²) in [6, 6.07) is 27.2. The zero-order valence-corrected chi connectivity index (χ0v) is 34.6. The van der Waals surface area contributed by atoms with Gasteiger partial charge in [-0.05, 0) is 61.3 Å². The van der Waals surface area contributed by atoms with Crippen molar-refractivity contribution in [1.29, 1.82) is 0 Å². The van der Waals surface area contributed by atoms with Gasteiger partial charge in [0, 0.05) is 59.0 Å². The van der Waals surface area contributed by atoms with Crippen LogP contribution in [0.4, 0.5) is 28.0 Å². The number of benzene rings is 4. The van der Waals surface area contributed by atoms with E-state index in [4.69, 9.17) is 9.16 Å². The largest absolute Gasteiger partial charge is 0.444 e. The van der Waals surface area contributed by atoms with Crippen molar-refractivity contribution in [1.82, 2.24) is 14.8 Å². The number of nitrogens with one attached hydrogen (secondary N) is 2. The molecule has 7 rings (SSSR count). The van der Waals surface area contributed by atoms with E-state index < -0.39 is 67.8 Å². The average molecular weight is 801 g/mol. The SMILES string of the molecule is CC1Cc2[nH]c3ccccc3c2C(c2c(F)cc(NC3CN(C(=O)OC(C)(C)C)C3)cc2F)N1CC(F)(F)CO[Si](c1ccccc1)(c1ccccc1)C(C)(C)C. The van der Waals surface area contributed by atoms with Crippen LogP contribution in [0.25, 0.3) is 10.9 Å². The number of anilines is 1. The molecule has 2 aliphatic rings. The van der Waals surface area contributed by atoms with E-state index in [-0.39, 0.29) is 17.3 Å². The van der Waals surface area contributed by atoms with Crippen LogP contribution in [0.2, 0.25) is 5.04 Å². The second-order valence-electron chi connectivity index (χ2n) is 17.6. The van der Waals surface area contributed by atoms with Crippen LogP contribution in [-0.4, -0.2) is 79.0 Å².